The fourth-order valence-electron chi connectivity index (χ4n) is 2.10. The van der Waals surface area contributed by atoms with Crippen molar-refractivity contribution in [2.45, 2.75) is 13.1 Å². The van der Waals surface area contributed by atoms with E-state index in [1.165, 1.54) is 12.1 Å². The zero-order valence-corrected chi connectivity index (χ0v) is 13.1. The van der Waals surface area contributed by atoms with Crippen molar-refractivity contribution in [1.29, 1.82) is 0 Å². The monoisotopic (exact) mass is 351 g/mol. The third kappa shape index (κ3) is 4.37. The van der Waals surface area contributed by atoms with E-state index in [1.54, 1.807) is 24.3 Å². The normalized spacial score (nSPS) is 10.9. The molecule has 21 heavy (non-hydrogen) atoms. The van der Waals surface area contributed by atoms with Gasteiger partial charge in [-0.25, -0.2) is 9.18 Å². The van der Waals surface area contributed by atoms with Crippen LogP contribution in [0.2, 0.25) is 0 Å². The van der Waals surface area contributed by atoms with Crippen LogP contribution in [0, 0.1) is 5.82 Å². The van der Waals surface area contributed by atoms with Gasteiger partial charge in [-0.3, -0.25) is 4.90 Å². The van der Waals surface area contributed by atoms with Crippen LogP contribution in [-0.4, -0.2) is 23.0 Å². The Morgan fingerprint density at radius 1 is 1.24 bits per heavy atom. The fourth-order valence-corrected chi connectivity index (χ4v) is 2.61. The lowest BCUT2D eigenvalue weighted by molar-refractivity contribution is 0.0697. The molecule has 0 saturated heterocycles. The van der Waals surface area contributed by atoms with Gasteiger partial charge in [0, 0.05) is 17.6 Å². The van der Waals surface area contributed by atoms with Crippen molar-refractivity contribution in [1.82, 2.24) is 4.90 Å². The van der Waals surface area contributed by atoms with Crippen molar-refractivity contribution in [3.63, 3.8) is 0 Å². The van der Waals surface area contributed by atoms with Gasteiger partial charge in [0.1, 0.15) is 5.82 Å². The van der Waals surface area contributed by atoms with E-state index in [2.05, 4.69) is 15.9 Å². The van der Waals surface area contributed by atoms with Gasteiger partial charge in [-0.15, -0.1) is 0 Å². The number of aromatic carboxylic acids is 1. The summed E-state index contributed by atoms with van der Waals surface area (Å²) in [4.78, 5) is 12.9. The third-order valence-electron chi connectivity index (χ3n) is 3.08. The molecule has 3 nitrogen and oxygen atoms in total. The quantitative estimate of drug-likeness (QED) is 0.887. The summed E-state index contributed by atoms with van der Waals surface area (Å²) >= 11 is 3.39. The molecule has 2 aromatic rings. The SMILES string of the molecule is CN(Cc1cccc(F)c1)Cc1ccc(C(=O)O)cc1Br. The molecular weight excluding hydrogens is 337 g/mol. The van der Waals surface area contributed by atoms with Crippen LogP contribution in [0.15, 0.2) is 46.9 Å². The second-order valence-corrected chi connectivity index (χ2v) is 5.77. The largest absolute Gasteiger partial charge is 0.478 e. The standard InChI is InChI=1S/C16H15BrFNO2/c1-19(9-11-3-2-4-14(18)7-11)10-13-6-5-12(16(20)21)8-15(13)17/h2-8H,9-10H2,1H3,(H,20,21). The first kappa shape index (κ1) is 15.7. The molecule has 0 saturated carbocycles. The summed E-state index contributed by atoms with van der Waals surface area (Å²) in [6.07, 6.45) is 0. The summed E-state index contributed by atoms with van der Waals surface area (Å²) in [5.74, 6) is -1.19. The van der Waals surface area contributed by atoms with Crippen molar-refractivity contribution in [3.8, 4) is 0 Å². The molecule has 0 aliphatic heterocycles. The van der Waals surface area contributed by atoms with Gasteiger partial charge in [0.2, 0.25) is 0 Å². The molecule has 5 heteroatoms. The first-order valence-corrected chi connectivity index (χ1v) is 7.19. The Labute approximate surface area is 131 Å². The second kappa shape index (κ2) is 6.83. The second-order valence-electron chi connectivity index (χ2n) is 4.91. The van der Waals surface area contributed by atoms with Crippen molar-refractivity contribution in [2.24, 2.45) is 0 Å². The van der Waals surface area contributed by atoms with E-state index in [4.69, 9.17) is 5.11 Å². The summed E-state index contributed by atoms with van der Waals surface area (Å²) < 4.78 is 13.9. The first-order valence-electron chi connectivity index (χ1n) is 6.40. The maximum absolute atomic E-state index is 13.1. The summed E-state index contributed by atoms with van der Waals surface area (Å²) in [6, 6.07) is 11.5. The van der Waals surface area contributed by atoms with E-state index in [9.17, 15) is 9.18 Å². The molecule has 2 aromatic carbocycles. The van der Waals surface area contributed by atoms with Gasteiger partial charge in [0.05, 0.1) is 5.56 Å². The molecule has 0 fully saturated rings. The van der Waals surface area contributed by atoms with Crippen molar-refractivity contribution in [2.75, 3.05) is 7.05 Å². The predicted molar refractivity (Wildman–Crippen MR) is 82.7 cm³/mol. The zero-order valence-electron chi connectivity index (χ0n) is 11.5. The number of rotatable bonds is 5. The number of carboxylic acids is 1. The number of carbonyl (C=O) groups is 1. The summed E-state index contributed by atoms with van der Waals surface area (Å²) in [7, 11) is 1.93. The molecule has 0 atom stereocenters. The molecule has 0 amide bonds. The summed E-state index contributed by atoms with van der Waals surface area (Å²) in [6.45, 7) is 1.25. The zero-order chi connectivity index (χ0) is 15.4. The highest BCUT2D eigenvalue weighted by Crippen LogP contribution is 2.21. The van der Waals surface area contributed by atoms with E-state index in [0.717, 1.165) is 15.6 Å². The van der Waals surface area contributed by atoms with Crippen LogP contribution in [0.3, 0.4) is 0 Å². The van der Waals surface area contributed by atoms with Crippen LogP contribution in [0.1, 0.15) is 21.5 Å². The van der Waals surface area contributed by atoms with Gasteiger partial charge in [0.25, 0.3) is 0 Å². The van der Waals surface area contributed by atoms with Gasteiger partial charge < -0.3 is 5.11 Å². The highest BCUT2D eigenvalue weighted by molar-refractivity contribution is 9.10. The van der Waals surface area contributed by atoms with E-state index in [1.807, 2.05) is 18.0 Å². The van der Waals surface area contributed by atoms with E-state index < -0.39 is 5.97 Å². The van der Waals surface area contributed by atoms with Crippen LogP contribution < -0.4 is 0 Å². The average molecular weight is 352 g/mol. The summed E-state index contributed by atoms with van der Waals surface area (Å²) in [5, 5.41) is 8.94. The van der Waals surface area contributed by atoms with E-state index in [0.29, 0.717) is 13.1 Å². The molecule has 0 aliphatic carbocycles. The van der Waals surface area contributed by atoms with Crippen LogP contribution in [0.4, 0.5) is 4.39 Å². The molecule has 0 aliphatic rings. The van der Waals surface area contributed by atoms with Crippen LogP contribution in [-0.2, 0) is 13.1 Å². The first-order chi connectivity index (χ1) is 9.95. The van der Waals surface area contributed by atoms with E-state index >= 15 is 0 Å². The Bertz CT molecular complexity index is 660. The molecular formula is C16H15BrFNO2. The number of carboxylic acid groups (broad SMARTS) is 1. The minimum absolute atomic E-state index is 0.243. The molecule has 2 rings (SSSR count). The lowest BCUT2D eigenvalue weighted by Gasteiger charge is -2.18. The average Bonchev–Trinajstić information content (AvgIpc) is 2.40. The maximum Gasteiger partial charge on any atom is 0.335 e. The number of hydrogen-bond acceptors (Lipinski definition) is 2. The van der Waals surface area contributed by atoms with Gasteiger partial charge >= 0.3 is 5.97 Å². The van der Waals surface area contributed by atoms with Gasteiger partial charge in [-0.2, -0.15) is 0 Å². The number of nitrogens with zero attached hydrogens (tertiary/aromatic N) is 1. The lowest BCUT2D eigenvalue weighted by atomic mass is 10.1. The Morgan fingerprint density at radius 3 is 2.62 bits per heavy atom. The lowest BCUT2D eigenvalue weighted by Crippen LogP contribution is -2.17. The number of hydrogen-bond donors (Lipinski definition) is 1. The van der Waals surface area contributed by atoms with Crippen molar-refractivity contribution >= 4 is 21.9 Å². The third-order valence-corrected chi connectivity index (χ3v) is 3.82. The Morgan fingerprint density at radius 2 is 2.00 bits per heavy atom. The summed E-state index contributed by atoms with van der Waals surface area (Å²) in [5.41, 5.74) is 2.13. The molecule has 0 heterocycles. The highest BCUT2D eigenvalue weighted by Gasteiger charge is 2.09. The Kier molecular flexibility index (Phi) is 5.09. The maximum atomic E-state index is 13.1. The van der Waals surface area contributed by atoms with Crippen LogP contribution in [0.25, 0.3) is 0 Å². The number of halogens is 2. The molecule has 0 radical (unpaired) electrons. The molecule has 0 spiro atoms. The number of benzene rings is 2. The minimum atomic E-state index is -0.949. The van der Waals surface area contributed by atoms with E-state index in [-0.39, 0.29) is 11.4 Å². The smallest absolute Gasteiger partial charge is 0.335 e. The molecule has 0 bridgehead atoms. The Balaban J connectivity index is 2.06. The highest BCUT2D eigenvalue weighted by atomic mass is 79.9. The van der Waals surface area contributed by atoms with Crippen LogP contribution in [0.5, 0.6) is 0 Å². The molecule has 110 valence electrons. The topological polar surface area (TPSA) is 40.5 Å². The van der Waals surface area contributed by atoms with Gasteiger partial charge in [-0.1, -0.05) is 34.1 Å². The molecule has 0 aromatic heterocycles. The van der Waals surface area contributed by atoms with Crippen molar-refractivity contribution in [3.05, 3.63) is 69.4 Å². The van der Waals surface area contributed by atoms with Crippen molar-refractivity contribution < 1.29 is 14.3 Å². The van der Waals surface area contributed by atoms with Gasteiger partial charge in [0.15, 0.2) is 0 Å². The fraction of sp³-hybridized carbons (Fsp3) is 0.188. The molecule has 1 N–H and O–H groups in total. The predicted octanol–water partition coefficient (Wildman–Crippen LogP) is 3.92. The minimum Gasteiger partial charge on any atom is -0.478 e. The Hall–Kier alpha value is -1.72. The molecule has 0 unspecified atom stereocenters. The van der Waals surface area contributed by atoms with Gasteiger partial charge in [-0.05, 0) is 42.4 Å². The van der Waals surface area contributed by atoms with Crippen LogP contribution >= 0.6 is 15.9 Å².